The minimum Gasteiger partial charge on any atom is -0.379 e. The fraction of sp³-hybridized carbons (Fsp3) is 0.909. The standard InChI is InChI=1S/C11H20O3/c1-10(12)5-4-7-13-9-11-6-2-3-8-14-11/h11H,2-9H2,1H3. The van der Waals surface area contributed by atoms with Gasteiger partial charge in [0.25, 0.3) is 0 Å². The molecule has 1 aliphatic rings. The number of ketones is 1. The number of hydrogen-bond acceptors (Lipinski definition) is 3. The third kappa shape index (κ3) is 5.35. The molecule has 14 heavy (non-hydrogen) atoms. The third-order valence-corrected chi connectivity index (χ3v) is 2.40. The van der Waals surface area contributed by atoms with Crippen molar-refractivity contribution in [2.24, 2.45) is 0 Å². The highest BCUT2D eigenvalue weighted by atomic mass is 16.5. The van der Waals surface area contributed by atoms with Crippen LogP contribution in [0.5, 0.6) is 0 Å². The van der Waals surface area contributed by atoms with Crippen LogP contribution in [0.4, 0.5) is 0 Å². The SMILES string of the molecule is CC(=O)CCCOCC1CCCCO1. The first-order valence-corrected chi connectivity index (χ1v) is 5.48. The molecule has 0 spiro atoms. The van der Waals surface area contributed by atoms with Gasteiger partial charge in [-0.3, -0.25) is 0 Å². The van der Waals surface area contributed by atoms with Gasteiger partial charge in [0, 0.05) is 19.6 Å². The van der Waals surface area contributed by atoms with Crippen LogP contribution in [0.25, 0.3) is 0 Å². The Balaban J connectivity index is 1.90. The van der Waals surface area contributed by atoms with Gasteiger partial charge in [-0.2, -0.15) is 0 Å². The molecule has 1 heterocycles. The number of carbonyl (C=O) groups is 1. The van der Waals surface area contributed by atoms with Gasteiger partial charge >= 0.3 is 0 Å². The predicted octanol–water partition coefficient (Wildman–Crippen LogP) is 1.94. The van der Waals surface area contributed by atoms with Crippen LogP contribution in [0.2, 0.25) is 0 Å². The zero-order valence-electron chi connectivity index (χ0n) is 8.96. The number of hydrogen-bond donors (Lipinski definition) is 0. The van der Waals surface area contributed by atoms with E-state index in [2.05, 4.69) is 0 Å². The van der Waals surface area contributed by atoms with Crippen LogP contribution < -0.4 is 0 Å². The number of carbonyl (C=O) groups excluding carboxylic acids is 1. The Labute approximate surface area is 85.8 Å². The lowest BCUT2D eigenvalue weighted by Crippen LogP contribution is -2.24. The highest BCUT2D eigenvalue weighted by Crippen LogP contribution is 2.12. The molecule has 1 fully saturated rings. The minimum atomic E-state index is 0.238. The maximum atomic E-state index is 10.6. The fourth-order valence-corrected chi connectivity index (χ4v) is 1.58. The van der Waals surface area contributed by atoms with E-state index in [1.807, 2.05) is 0 Å². The third-order valence-electron chi connectivity index (χ3n) is 2.40. The molecule has 0 amide bonds. The van der Waals surface area contributed by atoms with E-state index in [0.717, 1.165) is 19.4 Å². The van der Waals surface area contributed by atoms with E-state index >= 15 is 0 Å². The first-order chi connectivity index (χ1) is 6.79. The molecule has 1 aliphatic heterocycles. The first-order valence-electron chi connectivity index (χ1n) is 5.48. The Morgan fingerprint density at radius 2 is 2.36 bits per heavy atom. The van der Waals surface area contributed by atoms with Crippen molar-refractivity contribution in [3.63, 3.8) is 0 Å². The molecule has 0 radical (unpaired) electrons. The second kappa shape index (κ2) is 6.96. The van der Waals surface area contributed by atoms with Crippen LogP contribution in [-0.2, 0) is 14.3 Å². The number of Topliss-reactive ketones (excluding diaryl/α,β-unsaturated/α-hetero) is 1. The summed E-state index contributed by atoms with van der Waals surface area (Å²) in [5, 5.41) is 0. The van der Waals surface area contributed by atoms with E-state index in [1.165, 1.54) is 12.8 Å². The molecule has 1 unspecified atom stereocenters. The summed E-state index contributed by atoms with van der Waals surface area (Å²) >= 11 is 0. The molecule has 0 N–H and O–H groups in total. The van der Waals surface area contributed by atoms with E-state index in [4.69, 9.17) is 9.47 Å². The zero-order valence-corrected chi connectivity index (χ0v) is 8.96. The molecule has 0 bridgehead atoms. The van der Waals surface area contributed by atoms with Crippen molar-refractivity contribution in [2.75, 3.05) is 19.8 Å². The topological polar surface area (TPSA) is 35.5 Å². The van der Waals surface area contributed by atoms with Gasteiger partial charge < -0.3 is 14.3 Å². The Morgan fingerprint density at radius 3 is 3.00 bits per heavy atom. The van der Waals surface area contributed by atoms with Gasteiger partial charge in [0.2, 0.25) is 0 Å². The molecule has 3 nitrogen and oxygen atoms in total. The second-order valence-corrected chi connectivity index (χ2v) is 3.87. The smallest absolute Gasteiger partial charge is 0.129 e. The number of rotatable bonds is 6. The molecule has 0 aliphatic carbocycles. The van der Waals surface area contributed by atoms with Gasteiger partial charge in [0.05, 0.1) is 12.7 Å². The van der Waals surface area contributed by atoms with Crippen LogP contribution in [0, 0.1) is 0 Å². The summed E-state index contributed by atoms with van der Waals surface area (Å²) in [5.74, 6) is 0.238. The van der Waals surface area contributed by atoms with E-state index < -0.39 is 0 Å². The predicted molar refractivity (Wildman–Crippen MR) is 54.3 cm³/mol. The lowest BCUT2D eigenvalue weighted by molar-refractivity contribution is -0.117. The maximum absolute atomic E-state index is 10.6. The lowest BCUT2D eigenvalue weighted by atomic mass is 10.1. The summed E-state index contributed by atoms with van der Waals surface area (Å²) in [5.41, 5.74) is 0. The zero-order chi connectivity index (χ0) is 10.2. The molecule has 1 rings (SSSR count). The van der Waals surface area contributed by atoms with Crippen molar-refractivity contribution >= 4 is 5.78 Å². The highest BCUT2D eigenvalue weighted by molar-refractivity contribution is 5.75. The van der Waals surface area contributed by atoms with E-state index in [-0.39, 0.29) is 5.78 Å². The van der Waals surface area contributed by atoms with Crippen LogP contribution in [0.3, 0.4) is 0 Å². The quantitative estimate of drug-likeness (QED) is 0.615. The summed E-state index contributed by atoms with van der Waals surface area (Å²) in [6.45, 7) is 3.86. The average Bonchev–Trinajstić information content (AvgIpc) is 2.18. The van der Waals surface area contributed by atoms with Crippen molar-refractivity contribution in [3.8, 4) is 0 Å². The lowest BCUT2D eigenvalue weighted by Gasteiger charge is -2.22. The van der Waals surface area contributed by atoms with Crippen LogP contribution in [0.15, 0.2) is 0 Å². The molecule has 0 aromatic carbocycles. The Kier molecular flexibility index (Phi) is 5.80. The van der Waals surface area contributed by atoms with Crippen LogP contribution in [-0.4, -0.2) is 31.7 Å². The molecule has 0 aromatic rings. The summed E-state index contributed by atoms with van der Waals surface area (Å²) in [7, 11) is 0. The molecule has 1 saturated heterocycles. The molecule has 82 valence electrons. The van der Waals surface area contributed by atoms with Crippen LogP contribution >= 0.6 is 0 Å². The summed E-state index contributed by atoms with van der Waals surface area (Å²) in [6, 6.07) is 0. The van der Waals surface area contributed by atoms with Crippen molar-refractivity contribution in [2.45, 2.75) is 45.1 Å². The Morgan fingerprint density at radius 1 is 1.50 bits per heavy atom. The molecular weight excluding hydrogens is 180 g/mol. The van der Waals surface area contributed by atoms with E-state index in [0.29, 0.717) is 25.7 Å². The Hall–Kier alpha value is -0.410. The minimum absolute atomic E-state index is 0.238. The van der Waals surface area contributed by atoms with Crippen molar-refractivity contribution in [3.05, 3.63) is 0 Å². The monoisotopic (exact) mass is 200 g/mol. The summed E-state index contributed by atoms with van der Waals surface area (Å²) in [4.78, 5) is 10.6. The van der Waals surface area contributed by atoms with E-state index in [1.54, 1.807) is 6.92 Å². The highest BCUT2D eigenvalue weighted by Gasteiger charge is 2.13. The van der Waals surface area contributed by atoms with Crippen molar-refractivity contribution < 1.29 is 14.3 Å². The normalized spacial score (nSPS) is 22.2. The van der Waals surface area contributed by atoms with Crippen molar-refractivity contribution in [1.82, 2.24) is 0 Å². The molecule has 1 atom stereocenters. The number of ether oxygens (including phenoxy) is 2. The van der Waals surface area contributed by atoms with Crippen LogP contribution in [0.1, 0.15) is 39.0 Å². The van der Waals surface area contributed by atoms with Gasteiger partial charge in [-0.15, -0.1) is 0 Å². The van der Waals surface area contributed by atoms with Gasteiger partial charge in [-0.25, -0.2) is 0 Å². The van der Waals surface area contributed by atoms with Crippen molar-refractivity contribution in [1.29, 1.82) is 0 Å². The van der Waals surface area contributed by atoms with Gasteiger partial charge in [-0.05, 0) is 32.6 Å². The average molecular weight is 200 g/mol. The molecule has 0 aromatic heterocycles. The molecule has 3 heteroatoms. The largest absolute Gasteiger partial charge is 0.379 e. The van der Waals surface area contributed by atoms with Gasteiger partial charge in [-0.1, -0.05) is 0 Å². The van der Waals surface area contributed by atoms with Gasteiger partial charge in [0.15, 0.2) is 0 Å². The molecular formula is C11H20O3. The van der Waals surface area contributed by atoms with E-state index in [9.17, 15) is 4.79 Å². The summed E-state index contributed by atoms with van der Waals surface area (Å²) < 4.78 is 11.0. The second-order valence-electron chi connectivity index (χ2n) is 3.87. The maximum Gasteiger partial charge on any atom is 0.129 e. The first kappa shape index (κ1) is 11.7. The molecule has 0 saturated carbocycles. The Bertz CT molecular complexity index is 162. The van der Waals surface area contributed by atoms with Gasteiger partial charge in [0.1, 0.15) is 5.78 Å². The fourth-order valence-electron chi connectivity index (χ4n) is 1.58. The summed E-state index contributed by atoms with van der Waals surface area (Å²) in [6.07, 6.45) is 5.31.